The van der Waals surface area contributed by atoms with Crippen LogP contribution in [0.1, 0.15) is 60.5 Å². The molecular formula is C34H40N6O2. The quantitative estimate of drug-likeness (QED) is 0.217. The third-order valence-corrected chi connectivity index (χ3v) is 6.90. The number of hydrogen-bond donors (Lipinski definition) is 2. The predicted molar refractivity (Wildman–Crippen MR) is 170 cm³/mol. The Labute approximate surface area is 248 Å². The molecule has 0 aliphatic rings. The molecule has 8 nitrogen and oxygen atoms in total. The summed E-state index contributed by atoms with van der Waals surface area (Å²) in [6.45, 7) is 13.6. The number of alkyl carbamates (subject to hydrolysis) is 1. The second-order valence-corrected chi connectivity index (χ2v) is 11.0. The topological polar surface area (TPSA) is 108 Å². The van der Waals surface area contributed by atoms with Crippen LogP contribution >= 0.6 is 0 Å². The zero-order valence-corrected chi connectivity index (χ0v) is 25.5. The second kappa shape index (κ2) is 12.4. The Morgan fingerprint density at radius 1 is 0.905 bits per heavy atom. The van der Waals surface area contributed by atoms with Gasteiger partial charge in [0.2, 0.25) is 0 Å². The number of pyridine rings is 2. The fourth-order valence-electron chi connectivity index (χ4n) is 4.63. The molecule has 0 aliphatic heterocycles. The van der Waals surface area contributed by atoms with E-state index < -0.39 is 17.2 Å². The molecule has 42 heavy (non-hydrogen) atoms. The van der Waals surface area contributed by atoms with E-state index in [4.69, 9.17) is 20.4 Å². The third-order valence-electron chi connectivity index (χ3n) is 6.90. The Bertz CT molecular complexity index is 1660. The summed E-state index contributed by atoms with van der Waals surface area (Å²) < 4.78 is 7.53. The number of nitrogen functional groups attached to an aromatic ring is 1. The van der Waals surface area contributed by atoms with Gasteiger partial charge in [-0.3, -0.25) is 4.57 Å². The Balaban J connectivity index is 0.00000198. The summed E-state index contributed by atoms with van der Waals surface area (Å²) in [5.41, 5.74) is 10.9. The molecule has 0 fully saturated rings. The van der Waals surface area contributed by atoms with Gasteiger partial charge < -0.3 is 15.8 Å². The molecule has 0 aliphatic carbocycles. The van der Waals surface area contributed by atoms with Gasteiger partial charge in [0, 0.05) is 17.4 Å². The van der Waals surface area contributed by atoms with Crippen molar-refractivity contribution < 1.29 is 9.53 Å². The van der Waals surface area contributed by atoms with Crippen LogP contribution in [-0.2, 0) is 10.3 Å². The van der Waals surface area contributed by atoms with Gasteiger partial charge in [0.25, 0.3) is 0 Å². The van der Waals surface area contributed by atoms with E-state index in [1.807, 2.05) is 132 Å². The summed E-state index contributed by atoms with van der Waals surface area (Å²) in [6.07, 6.45) is 1.89. The molecule has 0 bridgehead atoms. The summed E-state index contributed by atoms with van der Waals surface area (Å²) in [6, 6.07) is 25.8. The lowest BCUT2D eigenvalue weighted by molar-refractivity contribution is 0.0458. The van der Waals surface area contributed by atoms with Gasteiger partial charge in [-0.25, -0.2) is 19.7 Å². The van der Waals surface area contributed by atoms with Crippen molar-refractivity contribution in [2.75, 3.05) is 5.73 Å². The van der Waals surface area contributed by atoms with Crippen molar-refractivity contribution in [3.8, 4) is 28.3 Å². The van der Waals surface area contributed by atoms with Crippen molar-refractivity contribution in [3.05, 3.63) is 90.6 Å². The van der Waals surface area contributed by atoms with E-state index in [0.29, 0.717) is 23.7 Å². The standard InChI is InChI=1S/C32H34N6O2.C2H6/c1-6-32(5,37-30(39)40-31(2,3)4)22-14-16-23(17-15-22)38-28(24-13-10-20-34-27(24)33)36-26-19-18-25(35-29(26)38)21-11-8-7-9-12-21;1-2/h7-20H,6H2,1-5H3,(H2,33,34)(H,37,39);1-2H3. The van der Waals surface area contributed by atoms with Gasteiger partial charge in [-0.15, -0.1) is 0 Å². The van der Waals surface area contributed by atoms with Crippen molar-refractivity contribution >= 4 is 23.1 Å². The van der Waals surface area contributed by atoms with E-state index in [0.717, 1.165) is 33.6 Å². The van der Waals surface area contributed by atoms with Crippen LogP contribution in [-0.4, -0.2) is 31.2 Å². The zero-order valence-electron chi connectivity index (χ0n) is 25.5. The van der Waals surface area contributed by atoms with Gasteiger partial charge in [-0.2, -0.15) is 0 Å². The average molecular weight is 565 g/mol. The van der Waals surface area contributed by atoms with Gasteiger partial charge >= 0.3 is 6.09 Å². The van der Waals surface area contributed by atoms with Gasteiger partial charge in [0.05, 0.1) is 16.8 Å². The monoisotopic (exact) mass is 564 g/mol. The zero-order chi connectivity index (χ0) is 30.5. The summed E-state index contributed by atoms with van der Waals surface area (Å²) in [4.78, 5) is 26.9. The highest BCUT2D eigenvalue weighted by molar-refractivity contribution is 5.84. The number of nitrogens with zero attached hydrogens (tertiary/aromatic N) is 4. The van der Waals surface area contributed by atoms with Crippen LogP contribution in [0.15, 0.2) is 85.1 Å². The number of benzene rings is 2. The number of hydrogen-bond acceptors (Lipinski definition) is 6. The molecule has 3 aromatic heterocycles. The smallest absolute Gasteiger partial charge is 0.408 e. The number of carbonyl (C=O) groups is 1. The van der Waals surface area contributed by atoms with E-state index in [1.165, 1.54) is 0 Å². The van der Waals surface area contributed by atoms with E-state index in [-0.39, 0.29) is 0 Å². The van der Waals surface area contributed by atoms with Crippen molar-refractivity contribution in [2.45, 2.75) is 66.0 Å². The number of anilines is 1. The number of carbonyl (C=O) groups excluding carboxylic acids is 1. The van der Waals surface area contributed by atoms with Gasteiger partial charge in [0.15, 0.2) is 11.5 Å². The molecule has 5 rings (SSSR count). The fraction of sp³-hybridized carbons (Fsp3) is 0.294. The number of ether oxygens (including phenoxy) is 1. The van der Waals surface area contributed by atoms with Gasteiger partial charge in [-0.1, -0.05) is 63.2 Å². The molecule has 8 heteroatoms. The van der Waals surface area contributed by atoms with Crippen molar-refractivity contribution in [1.29, 1.82) is 0 Å². The number of nitrogens with two attached hydrogens (primary N) is 1. The van der Waals surface area contributed by atoms with Gasteiger partial charge in [0.1, 0.15) is 16.9 Å². The molecule has 0 spiro atoms. The number of fused-ring (bicyclic) bond motifs is 1. The summed E-state index contributed by atoms with van der Waals surface area (Å²) in [5, 5.41) is 3.05. The van der Waals surface area contributed by atoms with Crippen molar-refractivity contribution in [1.82, 2.24) is 24.8 Å². The molecule has 3 N–H and O–H groups in total. The Morgan fingerprint density at radius 2 is 1.60 bits per heavy atom. The van der Waals surface area contributed by atoms with Crippen LogP contribution in [0.3, 0.4) is 0 Å². The molecule has 0 radical (unpaired) electrons. The Morgan fingerprint density at radius 3 is 2.21 bits per heavy atom. The fourth-order valence-corrected chi connectivity index (χ4v) is 4.63. The lowest BCUT2D eigenvalue weighted by Crippen LogP contribution is -2.45. The lowest BCUT2D eigenvalue weighted by Gasteiger charge is -2.32. The first-order chi connectivity index (χ1) is 20.1. The van der Waals surface area contributed by atoms with Crippen LogP contribution in [0.25, 0.3) is 39.5 Å². The Hall–Kier alpha value is -4.72. The van der Waals surface area contributed by atoms with Crippen molar-refractivity contribution in [3.63, 3.8) is 0 Å². The maximum Gasteiger partial charge on any atom is 0.408 e. The summed E-state index contributed by atoms with van der Waals surface area (Å²) >= 11 is 0. The number of aromatic nitrogens is 4. The molecule has 0 saturated heterocycles. The number of nitrogens with one attached hydrogen (secondary N) is 1. The van der Waals surface area contributed by atoms with Crippen LogP contribution in [0.4, 0.5) is 10.6 Å². The highest BCUT2D eigenvalue weighted by Crippen LogP contribution is 2.33. The van der Waals surface area contributed by atoms with Crippen LogP contribution < -0.4 is 11.1 Å². The highest BCUT2D eigenvalue weighted by Gasteiger charge is 2.29. The van der Waals surface area contributed by atoms with Gasteiger partial charge in [-0.05, 0) is 76.1 Å². The number of imidazole rings is 1. The molecule has 1 atom stereocenters. The normalized spacial score (nSPS) is 12.6. The van der Waals surface area contributed by atoms with Crippen molar-refractivity contribution in [2.24, 2.45) is 0 Å². The third kappa shape index (κ3) is 6.43. The highest BCUT2D eigenvalue weighted by atomic mass is 16.6. The SMILES string of the molecule is CC.CCC(C)(NC(=O)OC(C)(C)C)c1ccc(-n2c(-c3cccnc3N)nc3ccc(-c4ccccc4)nc32)cc1. The first-order valence-corrected chi connectivity index (χ1v) is 14.4. The first-order valence-electron chi connectivity index (χ1n) is 14.4. The summed E-state index contributed by atoms with van der Waals surface area (Å²) in [5.74, 6) is 1.04. The number of amides is 1. The van der Waals surface area contributed by atoms with E-state index in [9.17, 15) is 4.79 Å². The second-order valence-electron chi connectivity index (χ2n) is 11.0. The maximum absolute atomic E-state index is 12.6. The van der Waals surface area contributed by atoms with E-state index in [2.05, 4.69) is 10.3 Å². The Kier molecular flexibility index (Phi) is 8.95. The molecule has 0 saturated carbocycles. The minimum atomic E-state index is -0.618. The molecule has 5 aromatic rings. The summed E-state index contributed by atoms with van der Waals surface area (Å²) in [7, 11) is 0. The molecule has 2 aromatic carbocycles. The van der Waals surface area contributed by atoms with Crippen LogP contribution in [0, 0.1) is 0 Å². The average Bonchev–Trinajstić information content (AvgIpc) is 3.36. The largest absolute Gasteiger partial charge is 0.444 e. The minimum absolute atomic E-state index is 0.388. The molecule has 3 heterocycles. The molecule has 1 unspecified atom stereocenters. The van der Waals surface area contributed by atoms with Crippen LogP contribution in [0.5, 0.6) is 0 Å². The lowest BCUT2D eigenvalue weighted by atomic mass is 9.89. The van der Waals surface area contributed by atoms with E-state index in [1.54, 1.807) is 6.20 Å². The minimum Gasteiger partial charge on any atom is -0.444 e. The molecule has 218 valence electrons. The predicted octanol–water partition coefficient (Wildman–Crippen LogP) is 7.91. The maximum atomic E-state index is 12.6. The molecule has 1 amide bonds. The molecular weight excluding hydrogens is 524 g/mol. The number of rotatable bonds is 6. The van der Waals surface area contributed by atoms with Crippen LogP contribution in [0.2, 0.25) is 0 Å². The van der Waals surface area contributed by atoms with E-state index >= 15 is 0 Å². The first kappa shape index (κ1) is 30.2.